The molecule has 1 aliphatic rings. The van der Waals surface area contributed by atoms with Crippen LogP contribution in [-0.4, -0.2) is 42.5 Å². The van der Waals surface area contributed by atoms with Crippen molar-refractivity contribution in [1.82, 2.24) is 4.90 Å². The molecule has 2 rings (SSSR count). The third-order valence-corrected chi connectivity index (χ3v) is 3.98. The summed E-state index contributed by atoms with van der Waals surface area (Å²) in [5.74, 6) is -1.03. The van der Waals surface area contributed by atoms with E-state index < -0.39 is 17.5 Å². The molecule has 6 nitrogen and oxygen atoms in total. The predicted octanol–water partition coefficient (Wildman–Crippen LogP) is 1.28. The number of esters is 2. The van der Waals surface area contributed by atoms with Crippen LogP contribution in [0.2, 0.25) is 0 Å². The normalized spacial score (nSPS) is 20.3. The highest BCUT2D eigenvalue weighted by Crippen LogP contribution is 2.38. The average molecular weight is 305 g/mol. The minimum atomic E-state index is -1.07. The summed E-state index contributed by atoms with van der Waals surface area (Å²) < 4.78 is 9.47. The van der Waals surface area contributed by atoms with Crippen molar-refractivity contribution in [3.63, 3.8) is 0 Å². The van der Waals surface area contributed by atoms with E-state index >= 15 is 0 Å². The average Bonchev–Trinajstić information content (AvgIpc) is 2.56. The van der Waals surface area contributed by atoms with Gasteiger partial charge in [-0.05, 0) is 12.0 Å². The van der Waals surface area contributed by atoms with E-state index in [1.165, 1.54) is 19.1 Å². The molecule has 1 atom stereocenters. The number of carbonyl (C=O) groups excluding carboxylic acids is 3. The van der Waals surface area contributed by atoms with E-state index in [4.69, 9.17) is 4.74 Å². The van der Waals surface area contributed by atoms with Gasteiger partial charge in [0.15, 0.2) is 0 Å². The molecule has 0 bridgehead atoms. The number of rotatable bonds is 6. The van der Waals surface area contributed by atoms with Crippen LogP contribution >= 0.6 is 0 Å². The molecule has 0 radical (unpaired) electrons. The second-order valence-electron chi connectivity index (χ2n) is 5.24. The standard InChI is InChI=1S/C16H19NO5/c1-21-14(19)8-9-16(15(20)22-2)10-13(18)17(16)11-12-6-4-3-5-7-12/h3-7H,8-11H2,1-2H3. The molecule has 0 saturated carbocycles. The predicted molar refractivity (Wildman–Crippen MR) is 77.6 cm³/mol. The van der Waals surface area contributed by atoms with Crippen molar-refractivity contribution in [2.45, 2.75) is 31.3 Å². The van der Waals surface area contributed by atoms with Crippen LogP contribution in [0.5, 0.6) is 0 Å². The molecule has 6 heteroatoms. The second-order valence-corrected chi connectivity index (χ2v) is 5.24. The molecule has 1 heterocycles. The van der Waals surface area contributed by atoms with E-state index in [9.17, 15) is 14.4 Å². The quantitative estimate of drug-likeness (QED) is 0.585. The smallest absolute Gasteiger partial charge is 0.332 e. The molecule has 22 heavy (non-hydrogen) atoms. The van der Waals surface area contributed by atoms with E-state index in [1.807, 2.05) is 30.3 Å². The number of benzene rings is 1. The summed E-state index contributed by atoms with van der Waals surface area (Å²) >= 11 is 0. The monoisotopic (exact) mass is 305 g/mol. The van der Waals surface area contributed by atoms with Crippen LogP contribution in [0.1, 0.15) is 24.8 Å². The Bertz CT molecular complexity index is 571. The lowest BCUT2D eigenvalue weighted by Crippen LogP contribution is -2.67. The Morgan fingerprint density at radius 1 is 1.18 bits per heavy atom. The first-order valence-corrected chi connectivity index (χ1v) is 7.03. The van der Waals surface area contributed by atoms with Gasteiger partial charge in [-0.15, -0.1) is 0 Å². The fourth-order valence-corrected chi connectivity index (χ4v) is 2.70. The molecule has 1 aliphatic heterocycles. The summed E-state index contributed by atoms with van der Waals surface area (Å²) in [6, 6.07) is 9.38. The molecule has 1 unspecified atom stereocenters. The molecule has 1 amide bonds. The number of hydrogen-bond acceptors (Lipinski definition) is 5. The Labute approximate surface area is 129 Å². The molecule has 118 valence electrons. The van der Waals surface area contributed by atoms with Gasteiger partial charge in [-0.1, -0.05) is 30.3 Å². The number of amides is 1. The van der Waals surface area contributed by atoms with Gasteiger partial charge in [0, 0.05) is 13.0 Å². The number of ether oxygens (including phenoxy) is 2. The zero-order chi connectivity index (χ0) is 16.2. The van der Waals surface area contributed by atoms with Gasteiger partial charge in [0.1, 0.15) is 5.54 Å². The highest BCUT2D eigenvalue weighted by atomic mass is 16.5. The van der Waals surface area contributed by atoms with Crippen LogP contribution in [0.3, 0.4) is 0 Å². The third-order valence-electron chi connectivity index (χ3n) is 3.98. The number of hydrogen-bond donors (Lipinski definition) is 0. The van der Waals surface area contributed by atoms with Gasteiger partial charge in [0.25, 0.3) is 0 Å². The van der Waals surface area contributed by atoms with Crippen LogP contribution in [0.4, 0.5) is 0 Å². The van der Waals surface area contributed by atoms with Crippen molar-refractivity contribution in [1.29, 1.82) is 0 Å². The largest absolute Gasteiger partial charge is 0.469 e. The molecule has 0 N–H and O–H groups in total. The topological polar surface area (TPSA) is 72.9 Å². The van der Waals surface area contributed by atoms with Crippen molar-refractivity contribution >= 4 is 17.8 Å². The minimum Gasteiger partial charge on any atom is -0.469 e. The molecule has 0 spiro atoms. The minimum absolute atomic E-state index is 0.0590. The van der Waals surface area contributed by atoms with E-state index in [1.54, 1.807) is 0 Å². The molecule has 1 aromatic rings. The first-order valence-electron chi connectivity index (χ1n) is 7.03. The van der Waals surface area contributed by atoms with Gasteiger partial charge in [-0.25, -0.2) is 4.79 Å². The van der Waals surface area contributed by atoms with Crippen molar-refractivity contribution in [2.75, 3.05) is 14.2 Å². The van der Waals surface area contributed by atoms with Gasteiger partial charge in [0.2, 0.25) is 5.91 Å². The Hall–Kier alpha value is -2.37. The maximum absolute atomic E-state index is 12.2. The lowest BCUT2D eigenvalue weighted by atomic mass is 9.79. The zero-order valence-electron chi connectivity index (χ0n) is 12.7. The van der Waals surface area contributed by atoms with Gasteiger partial charge in [-0.3, -0.25) is 9.59 Å². The molecular weight excluding hydrogens is 286 g/mol. The molecule has 0 aromatic heterocycles. The third kappa shape index (κ3) is 2.95. The molecule has 1 fully saturated rings. The first-order chi connectivity index (χ1) is 10.5. The van der Waals surface area contributed by atoms with Crippen LogP contribution in [-0.2, 0) is 30.4 Å². The van der Waals surface area contributed by atoms with E-state index in [-0.39, 0.29) is 25.2 Å². The number of β-lactam (4-membered cyclic amide) rings is 1. The summed E-state index contributed by atoms with van der Waals surface area (Å²) in [6.45, 7) is 0.315. The fourth-order valence-electron chi connectivity index (χ4n) is 2.70. The lowest BCUT2D eigenvalue weighted by Gasteiger charge is -2.49. The molecule has 1 aromatic carbocycles. The van der Waals surface area contributed by atoms with E-state index in [0.29, 0.717) is 6.54 Å². The fraction of sp³-hybridized carbons (Fsp3) is 0.438. The molecule has 1 saturated heterocycles. The van der Waals surface area contributed by atoms with Gasteiger partial charge >= 0.3 is 11.9 Å². The lowest BCUT2D eigenvalue weighted by molar-refractivity contribution is -0.181. The zero-order valence-corrected chi connectivity index (χ0v) is 12.7. The van der Waals surface area contributed by atoms with Crippen molar-refractivity contribution in [2.24, 2.45) is 0 Å². The van der Waals surface area contributed by atoms with E-state index in [0.717, 1.165) is 5.56 Å². The number of methoxy groups -OCH3 is 2. The van der Waals surface area contributed by atoms with Crippen LogP contribution in [0.25, 0.3) is 0 Å². The Morgan fingerprint density at radius 2 is 1.86 bits per heavy atom. The number of likely N-dealkylation sites (tertiary alicyclic amines) is 1. The Kier molecular flexibility index (Phi) is 4.80. The molecule has 0 aliphatic carbocycles. The summed E-state index contributed by atoms with van der Waals surface area (Å²) in [4.78, 5) is 37.0. The summed E-state index contributed by atoms with van der Waals surface area (Å²) in [5, 5.41) is 0. The van der Waals surface area contributed by atoms with Crippen LogP contribution < -0.4 is 0 Å². The highest BCUT2D eigenvalue weighted by molar-refractivity contribution is 5.99. The van der Waals surface area contributed by atoms with Crippen LogP contribution in [0.15, 0.2) is 30.3 Å². The second kappa shape index (κ2) is 6.60. The van der Waals surface area contributed by atoms with Crippen molar-refractivity contribution in [3.05, 3.63) is 35.9 Å². The van der Waals surface area contributed by atoms with E-state index in [2.05, 4.69) is 4.74 Å². The highest BCUT2D eigenvalue weighted by Gasteiger charge is 2.57. The first kappa shape index (κ1) is 16.0. The number of carbonyl (C=O) groups is 3. The maximum atomic E-state index is 12.2. The summed E-state index contributed by atoms with van der Waals surface area (Å²) in [5.41, 5.74) is -0.155. The maximum Gasteiger partial charge on any atom is 0.332 e. The Morgan fingerprint density at radius 3 is 2.41 bits per heavy atom. The van der Waals surface area contributed by atoms with Gasteiger partial charge < -0.3 is 14.4 Å². The van der Waals surface area contributed by atoms with Crippen LogP contribution in [0, 0.1) is 0 Å². The van der Waals surface area contributed by atoms with Gasteiger partial charge in [-0.2, -0.15) is 0 Å². The van der Waals surface area contributed by atoms with Crippen molar-refractivity contribution < 1.29 is 23.9 Å². The molecular formula is C16H19NO5. The van der Waals surface area contributed by atoms with Crippen molar-refractivity contribution in [3.8, 4) is 0 Å². The SMILES string of the molecule is COC(=O)CCC1(C(=O)OC)CC(=O)N1Cc1ccccc1. The number of nitrogens with zero attached hydrogens (tertiary/aromatic N) is 1. The summed E-state index contributed by atoms with van der Waals surface area (Å²) in [7, 11) is 2.58. The Balaban J connectivity index is 2.18. The van der Waals surface area contributed by atoms with Gasteiger partial charge in [0.05, 0.1) is 20.6 Å². The summed E-state index contributed by atoms with van der Waals surface area (Å²) in [6.07, 6.45) is 0.318.